The number of thiophene rings is 1. The molecule has 134 valence electrons. The second kappa shape index (κ2) is 6.89. The fraction of sp³-hybridized carbons (Fsp3) is 0.267. The molecule has 0 unspecified atom stereocenters. The minimum atomic E-state index is -3.76. The van der Waals surface area contributed by atoms with Gasteiger partial charge in [-0.15, -0.1) is 11.3 Å². The number of carbonyl (C=O) groups excluding carboxylic acids is 1. The predicted molar refractivity (Wildman–Crippen MR) is 95.6 cm³/mol. The third-order valence-corrected chi connectivity index (χ3v) is 6.48. The molecule has 2 heterocycles. The maximum absolute atomic E-state index is 13.5. The van der Waals surface area contributed by atoms with E-state index >= 15 is 0 Å². The Morgan fingerprint density at radius 3 is 2.76 bits per heavy atom. The van der Waals surface area contributed by atoms with Gasteiger partial charge >= 0.3 is 16.2 Å². The molecule has 0 aliphatic carbocycles. The summed E-state index contributed by atoms with van der Waals surface area (Å²) in [5, 5.41) is 7.21. The first-order valence-corrected chi connectivity index (χ1v) is 9.77. The molecule has 1 aliphatic rings. The number of hydrogen-bond acceptors (Lipinski definition) is 4. The van der Waals surface area contributed by atoms with Gasteiger partial charge in [-0.3, -0.25) is 4.31 Å². The highest BCUT2D eigenvalue weighted by atomic mass is 32.2. The van der Waals surface area contributed by atoms with E-state index in [2.05, 4.69) is 10.6 Å². The number of nitrogens with one attached hydrogen (secondary N) is 2. The van der Waals surface area contributed by atoms with Gasteiger partial charge < -0.3 is 10.6 Å². The van der Waals surface area contributed by atoms with Gasteiger partial charge in [0.15, 0.2) is 0 Å². The molecule has 0 spiro atoms. The van der Waals surface area contributed by atoms with Crippen molar-refractivity contribution in [3.63, 3.8) is 0 Å². The summed E-state index contributed by atoms with van der Waals surface area (Å²) < 4.78 is 40.5. The topological polar surface area (TPSA) is 81.8 Å². The molecule has 0 saturated carbocycles. The fourth-order valence-electron chi connectivity index (χ4n) is 2.51. The van der Waals surface area contributed by atoms with Gasteiger partial charge in [-0.1, -0.05) is 6.07 Å². The van der Waals surface area contributed by atoms with E-state index in [-0.39, 0.29) is 18.8 Å². The molecular weight excluding hydrogens is 367 g/mol. The summed E-state index contributed by atoms with van der Waals surface area (Å²) in [6.07, 6.45) is 0. The number of benzene rings is 1. The van der Waals surface area contributed by atoms with Crippen LogP contribution in [0.15, 0.2) is 35.7 Å². The molecule has 0 saturated heterocycles. The number of carbonyl (C=O) groups is 1. The number of urea groups is 1. The molecular formula is C15H17FN4O3S2. The van der Waals surface area contributed by atoms with Crippen LogP contribution in [0.3, 0.4) is 0 Å². The van der Waals surface area contributed by atoms with Crippen LogP contribution in [0.5, 0.6) is 0 Å². The van der Waals surface area contributed by atoms with E-state index in [0.29, 0.717) is 12.2 Å². The summed E-state index contributed by atoms with van der Waals surface area (Å²) in [5.41, 5.74) is 0.673. The van der Waals surface area contributed by atoms with Crippen molar-refractivity contribution in [2.75, 3.05) is 28.7 Å². The first kappa shape index (κ1) is 17.5. The highest BCUT2D eigenvalue weighted by Crippen LogP contribution is 2.39. The van der Waals surface area contributed by atoms with Gasteiger partial charge in [-0.05, 0) is 23.6 Å². The summed E-state index contributed by atoms with van der Waals surface area (Å²) in [6, 6.07) is 7.22. The highest BCUT2D eigenvalue weighted by molar-refractivity contribution is 7.94. The number of amides is 2. The smallest absolute Gasteiger partial charge is 0.326 e. The minimum Gasteiger partial charge on any atom is -0.336 e. The quantitative estimate of drug-likeness (QED) is 0.826. The van der Waals surface area contributed by atoms with Crippen molar-refractivity contribution in [3.05, 3.63) is 46.4 Å². The van der Waals surface area contributed by atoms with Crippen LogP contribution in [-0.4, -0.2) is 34.6 Å². The average molecular weight is 384 g/mol. The second-order valence-corrected chi connectivity index (χ2v) is 8.29. The fourth-order valence-corrected chi connectivity index (χ4v) is 4.57. The Morgan fingerprint density at radius 1 is 1.24 bits per heavy atom. The second-order valence-electron chi connectivity index (χ2n) is 5.37. The Morgan fingerprint density at radius 2 is 2.04 bits per heavy atom. The first-order valence-electron chi connectivity index (χ1n) is 7.50. The molecule has 2 aromatic rings. The molecule has 1 aromatic carbocycles. The number of fused-ring (bicyclic) bond motifs is 1. The van der Waals surface area contributed by atoms with Crippen LogP contribution in [0.2, 0.25) is 0 Å². The molecule has 1 aromatic heterocycles. The van der Waals surface area contributed by atoms with Gasteiger partial charge in [0.05, 0.1) is 24.5 Å². The van der Waals surface area contributed by atoms with E-state index in [9.17, 15) is 17.6 Å². The number of anilines is 2. The lowest BCUT2D eigenvalue weighted by Crippen LogP contribution is -2.43. The first-order chi connectivity index (χ1) is 11.9. The molecule has 0 radical (unpaired) electrons. The molecule has 7 nitrogen and oxygen atoms in total. The number of halogens is 1. The van der Waals surface area contributed by atoms with E-state index in [1.807, 2.05) is 17.5 Å². The van der Waals surface area contributed by atoms with E-state index in [1.54, 1.807) is 0 Å². The zero-order valence-electron chi connectivity index (χ0n) is 13.4. The lowest BCUT2D eigenvalue weighted by atomic mass is 10.2. The van der Waals surface area contributed by atoms with Crippen molar-refractivity contribution in [2.24, 2.45) is 0 Å². The van der Waals surface area contributed by atoms with Gasteiger partial charge in [-0.25, -0.2) is 13.5 Å². The largest absolute Gasteiger partial charge is 0.336 e. The van der Waals surface area contributed by atoms with Crippen LogP contribution in [-0.2, 0) is 16.8 Å². The third kappa shape index (κ3) is 3.54. The summed E-state index contributed by atoms with van der Waals surface area (Å²) >= 11 is 1.53. The van der Waals surface area contributed by atoms with Crippen LogP contribution < -0.4 is 19.2 Å². The van der Waals surface area contributed by atoms with Crippen LogP contribution in [0.4, 0.5) is 20.6 Å². The van der Waals surface area contributed by atoms with Crippen LogP contribution in [0.1, 0.15) is 4.88 Å². The Hall–Kier alpha value is -2.33. The van der Waals surface area contributed by atoms with Gasteiger partial charge in [0.2, 0.25) is 0 Å². The van der Waals surface area contributed by atoms with Gasteiger partial charge in [0, 0.05) is 24.5 Å². The van der Waals surface area contributed by atoms with Gasteiger partial charge in [0.1, 0.15) is 5.82 Å². The molecule has 1 aliphatic heterocycles. The SMILES string of the molecule is CN1c2ccc(F)cc2N(CCNC(=O)NCc2cccs2)S1(=O)=O. The monoisotopic (exact) mass is 384 g/mol. The van der Waals surface area contributed by atoms with Crippen molar-refractivity contribution in [2.45, 2.75) is 6.54 Å². The van der Waals surface area contributed by atoms with E-state index in [0.717, 1.165) is 13.5 Å². The van der Waals surface area contributed by atoms with Crippen molar-refractivity contribution in [1.82, 2.24) is 10.6 Å². The molecule has 0 atom stereocenters. The standard InChI is InChI=1S/C15H17FN4O3S2/c1-19-13-5-4-11(16)9-14(13)20(25(19,22)23)7-6-17-15(21)18-10-12-3-2-8-24-12/h2-5,8-9H,6-7,10H2,1H3,(H2,17,18,21). The molecule has 3 rings (SSSR count). The summed E-state index contributed by atoms with van der Waals surface area (Å²) in [5.74, 6) is -0.518. The Kier molecular flexibility index (Phi) is 4.82. The van der Waals surface area contributed by atoms with Crippen molar-refractivity contribution < 1.29 is 17.6 Å². The minimum absolute atomic E-state index is 0.00947. The number of rotatable bonds is 5. The lowest BCUT2D eigenvalue weighted by Gasteiger charge is -2.19. The van der Waals surface area contributed by atoms with Crippen molar-refractivity contribution in [1.29, 1.82) is 0 Å². The maximum atomic E-state index is 13.5. The number of hydrogen-bond donors (Lipinski definition) is 2. The van der Waals surface area contributed by atoms with E-state index < -0.39 is 22.1 Å². The molecule has 0 bridgehead atoms. The normalized spacial score (nSPS) is 15.1. The lowest BCUT2D eigenvalue weighted by molar-refractivity contribution is 0.241. The van der Waals surface area contributed by atoms with Crippen LogP contribution in [0, 0.1) is 5.82 Å². The van der Waals surface area contributed by atoms with Crippen LogP contribution in [0.25, 0.3) is 0 Å². The number of nitrogens with zero attached hydrogens (tertiary/aromatic N) is 2. The van der Waals surface area contributed by atoms with E-state index in [1.165, 1.54) is 36.6 Å². The van der Waals surface area contributed by atoms with Gasteiger partial charge in [-0.2, -0.15) is 8.42 Å². The average Bonchev–Trinajstić information content (AvgIpc) is 3.14. The van der Waals surface area contributed by atoms with Gasteiger partial charge in [0.25, 0.3) is 0 Å². The molecule has 10 heteroatoms. The summed E-state index contributed by atoms with van der Waals surface area (Å²) in [4.78, 5) is 12.8. The Labute approximate surface area is 149 Å². The Balaban J connectivity index is 1.59. The molecule has 2 N–H and O–H groups in total. The zero-order valence-corrected chi connectivity index (χ0v) is 15.0. The van der Waals surface area contributed by atoms with Crippen molar-refractivity contribution >= 4 is 39.0 Å². The maximum Gasteiger partial charge on any atom is 0.326 e. The summed E-state index contributed by atoms with van der Waals surface area (Å²) in [6.45, 7) is 0.511. The predicted octanol–water partition coefficient (Wildman–Crippen LogP) is 1.89. The molecule has 0 fully saturated rings. The Bertz CT molecular complexity index is 871. The van der Waals surface area contributed by atoms with Crippen LogP contribution >= 0.6 is 11.3 Å². The molecule has 2 amide bonds. The zero-order chi connectivity index (χ0) is 18.0. The third-order valence-electron chi connectivity index (χ3n) is 3.77. The molecule has 25 heavy (non-hydrogen) atoms. The summed E-state index contributed by atoms with van der Waals surface area (Å²) in [7, 11) is -2.35. The highest BCUT2D eigenvalue weighted by Gasteiger charge is 2.37. The van der Waals surface area contributed by atoms with Crippen molar-refractivity contribution in [3.8, 4) is 0 Å². The van der Waals surface area contributed by atoms with E-state index in [4.69, 9.17) is 0 Å².